The lowest BCUT2D eigenvalue weighted by molar-refractivity contribution is 0.457. The van der Waals surface area contributed by atoms with Gasteiger partial charge in [0.2, 0.25) is 0 Å². The molecule has 0 fully saturated rings. The van der Waals surface area contributed by atoms with Crippen molar-refractivity contribution < 1.29 is 35.4 Å². The predicted molar refractivity (Wildman–Crippen MR) is 195 cm³/mol. The number of aryl methyl sites for hydroxylation is 2. The first-order valence-electron chi connectivity index (χ1n) is 15.3. The molecule has 0 radical (unpaired) electrons. The van der Waals surface area contributed by atoms with Crippen molar-refractivity contribution in [2.75, 3.05) is 0 Å². The third-order valence-corrected chi connectivity index (χ3v) is 11.6. The molecule has 4 heterocycles. The van der Waals surface area contributed by atoms with E-state index in [0.29, 0.717) is 57.5 Å². The molecule has 0 saturated carbocycles. The van der Waals surface area contributed by atoms with Gasteiger partial charge in [0.05, 0.1) is 31.6 Å². The minimum Gasteiger partial charge on any atom is -0.450 e. The van der Waals surface area contributed by atoms with Gasteiger partial charge in [-0.25, -0.2) is 9.98 Å². The Morgan fingerprint density at radius 3 is 1.33 bits per heavy atom. The van der Waals surface area contributed by atoms with Crippen molar-refractivity contribution in [1.29, 1.82) is 0 Å². The molecule has 0 aliphatic carbocycles. The summed E-state index contributed by atoms with van der Waals surface area (Å²) in [4.78, 5) is 9.13. The van der Waals surface area contributed by atoms with Crippen LogP contribution in [0.15, 0.2) is 80.4 Å². The van der Waals surface area contributed by atoms with Gasteiger partial charge >= 0.3 is 0 Å². The minimum atomic E-state index is -4.49. The number of nitrogens with zero attached hydrogens (tertiary/aromatic N) is 4. The van der Waals surface area contributed by atoms with Gasteiger partial charge < -0.3 is 18.6 Å². The Balaban J connectivity index is 0.00000374. The van der Waals surface area contributed by atoms with Crippen molar-refractivity contribution in [2.45, 2.75) is 44.2 Å². The molecule has 0 amide bonds. The second kappa shape index (κ2) is 11.1. The third kappa shape index (κ3) is 4.64. The van der Waals surface area contributed by atoms with Crippen LogP contribution in [0.5, 0.6) is 23.0 Å². The first-order chi connectivity index (χ1) is 23.8. The van der Waals surface area contributed by atoms with Crippen molar-refractivity contribution >= 4 is 98.4 Å². The monoisotopic (exact) mass is 764 g/mol. The smallest absolute Gasteiger partial charge is 0.294 e. The maximum Gasteiger partial charge on any atom is 0.294 e. The van der Waals surface area contributed by atoms with E-state index < -0.39 is 20.2 Å². The molecule has 2 aliphatic rings. The molecule has 2 aromatic heterocycles. The van der Waals surface area contributed by atoms with Crippen molar-refractivity contribution in [3.05, 3.63) is 81.4 Å². The Kier molecular flexibility index (Phi) is 7.31. The van der Waals surface area contributed by atoms with Crippen LogP contribution < -0.4 is 20.2 Å². The van der Waals surface area contributed by atoms with E-state index in [9.17, 15) is 25.9 Å². The first-order valence-corrected chi connectivity index (χ1v) is 18.9. The summed E-state index contributed by atoms with van der Waals surface area (Å²) in [5.74, 6) is 0.879. The van der Waals surface area contributed by atoms with Crippen molar-refractivity contribution in [3.63, 3.8) is 0 Å². The quantitative estimate of drug-likeness (QED) is 0.169. The molecule has 2 aliphatic heterocycles. The Hall–Kier alpha value is -4.70. The number of ether oxygens (including phenoxy) is 2. The Bertz CT molecular complexity index is 2890. The van der Waals surface area contributed by atoms with Gasteiger partial charge in [0.15, 0.2) is 23.0 Å². The number of rotatable bonds is 4. The molecular weight excluding hydrogens is 739 g/mol. The van der Waals surface area contributed by atoms with E-state index in [-0.39, 0.29) is 49.5 Å². The van der Waals surface area contributed by atoms with E-state index in [2.05, 4.69) is 0 Å². The molecule has 260 valence electrons. The number of aromatic nitrogens is 2. The second-order valence-electron chi connectivity index (χ2n) is 11.8. The van der Waals surface area contributed by atoms with Crippen LogP contribution >= 0.6 is 23.2 Å². The molecule has 0 atom stereocenters. The van der Waals surface area contributed by atoms with Crippen LogP contribution in [0.3, 0.4) is 0 Å². The maximum atomic E-state index is 12.1. The van der Waals surface area contributed by atoms with E-state index >= 15 is 0 Å². The molecule has 0 saturated heterocycles. The molecule has 7 aromatic rings. The van der Waals surface area contributed by atoms with Crippen molar-refractivity contribution in [2.24, 2.45) is 9.98 Å². The number of hydrogen-bond acceptors (Lipinski definition) is 8. The summed E-state index contributed by atoms with van der Waals surface area (Å²) < 4.78 is 84.8. The highest BCUT2D eigenvalue weighted by molar-refractivity contribution is 7.86. The van der Waals surface area contributed by atoms with Gasteiger partial charge in [-0.2, -0.15) is 16.8 Å². The Labute approximate surface area is 300 Å². The van der Waals surface area contributed by atoms with Gasteiger partial charge in [-0.1, -0.05) is 30.6 Å². The average Bonchev–Trinajstić information content (AvgIpc) is 3.60. The van der Waals surface area contributed by atoms with Crippen molar-refractivity contribution in [3.8, 4) is 23.0 Å². The summed E-state index contributed by atoms with van der Waals surface area (Å²) in [5, 5.41) is 2.72. The average molecular weight is 766 g/mol. The van der Waals surface area contributed by atoms with E-state index in [1.54, 1.807) is 24.3 Å². The summed E-state index contributed by atoms with van der Waals surface area (Å²) in [6.07, 6.45) is 0. The lowest BCUT2D eigenvalue weighted by atomic mass is 10.1. The molecule has 5 aromatic carbocycles. The topological polar surface area (TPSA) is 162 Å². The summed E-state index contributed by atoms with van der Waals surface area (Å²) in [6, 6.07) is 16.0. The van der Waals surface area contributed by atoms with E-state index in [1.165, 1.54) is 24.3 Å². The van der Waals surface area contributed by atoms with Crippen LogP contribution in [-0.4, -0.2) is 35.1 Å². The number of halogens is 2. The zero-order valence-corrected chi connectivity index (χ0v) is 29.0. The third-order valence-electron chi connectivity index (χ3n) is 9.21. The van der Waals surface area contributed by atoms with Crippen LogP contribution in [0.2, 0.25) is 10.0 Å². The van der Waals surface area contributed by atoms with E-state index in [4.69, 9.17) is 42.7 Å². The van der Waals surface area contributed by atoms with Crippen molar-refractivity contribution in [1.82, 2.24) is 9.13 Å². The molecule has 0 unspecified atom stereocenters. The lowest BCUT2D eigenvalue weighted by Gasteiger charge is -2.22. The molecule has 12 nitrogen and oxygen atoms in total. The molecule has 2 N–H and O–H groups in total. The molecular formula is C35H26Cl2N4O8S2. The van der Waals surface area contributed by atoms with Gasteiger partial charge in [0.25, 0.3) is 20.2 Å². The van der Waals surface area contributed by atoms with Gasteiger partial charge in [-0.05, 0) is 74.5 Å². The lowest BCUT2D eigenvalue weighted by Crippen LogP contribution is -2.22. The molecule has 0 spiro atoms. The van der Waals surface area contributed by atoms with Crippen LogP contribution in [0.25, 0.3) is 43.6 Å². The highest BCUT2D eigenvalue weighted by Gasteiger charge is 2.31. The Morgan fingerprint density at radius 1 is 0.608 bits per heavy atom. The normalized spacial score (nSPS) is 13.5. The van der Waals surface area contributed by atoms with Gasteiger partial charge in [0, 0.05) is 34.9 Å². The Morgan fingerprint density at radius 2 is 0.980 bits per heavy atom. The first kappa shape index (κ1) is 33.4. The summed E-state index contributed by atoms with van der Waals surface area (Å²) in [7, 11) is -8.98. The molecule has 16 heteroatoms. The summed E-state index contributed by atoms with van der Waals surface area (Å²) in [6.45, 7) is 5.04. The number of hydrogen-bond donors (Lipinski definition) is 2. The van der Waals surface area contributed by atoms with Crippen LogP contribution in [0.4, 0.5) is 11.4 Å². The van der Waals surface area contributed by atoms with E-state index in [0.717, 1.165) is 22.1 Å². The molecule has 9 rings (SSSR count). The SMILES string of the molecule is C.CCn1c2ccc(S(=O)(=O)O)cc2c2c3c(ccc21)N=c1c(Cl)c2c(c(Cl)c1O3)=Nc1ccc3c(c1O2)c1cc(S(=O)(=O)O)ccc1n3CC. The minimum absolute atomic E-state index is 0. The van der Waals surface area contributed by atoms with Crippen LogP contribution in [-0.2, 0) is 33.3 Å². The van der Waals surface area contributed by atoms with Gasteiger partial charge in [-0.3, -0.25) is 9.11 Å². The van der Waals surface area contributed by atoms with Gasteiger partial charge in [-0.15, -0.1) is 0 Å². The summed E-state index contributed by atoms with van der Waals surface area (Å²) in [5.41, 5.74) is 3.76. The summed E-state index contributed by atoms with van der Waals surface area (Å²) >= 11 is 14.0. The standard InChI is InChI=1S/C34H22Cl2N4O8S2.CH4/c1-3-39-21-9-5-15(49(41,42)43)13-17(21)25-23(39)11-7-19-31(25)47-33-27(35)30-34(28(36)29(33)37-19)48-32-20(38-30)8-12-24-26(32)18-14-16(50(44,45)46)6-10-22(18)40(24)4-2;/h5-14H,3-4H2,1-2H3,(H,41,42,43)(H,44,45,46);1H4. The zero-order valence-electron chi connectivity index (χ0n) is 25.9. The molecule has 51 heavy (non-hydrogen) atoms. The highest BCUT2D eigenvalue weighted by Crippen LogP contribution is 2.50. The molecule has 0 bridgehead atoms. The predicted octanol–water partition coefficient (Wildman–Crippen LogP) is 8.49. The zero-order chi connectivity index (χ0) is 35.0. The largest absolute Gasteiger partial charge is 0.450 e. The highest BCUT2D eigenvalue weighted by atomic mass is 35.5. The van der Waals surface area contributed by atoms with Gasteiger partial charge in [0.1, 0.15) is 32.1 Å². The van der Waals surface area contributed by atoms with E-state index in [1.807, 2.05) is 35.1 Å². The number of fused-ring (bicyclic) bond motifs is 12. The fourth-order valence-electron chi connectivity index (χ4n) is 7.09. The van der Waals surface area contributed by atoms with Crippen LogP contribution in [0.1, 0.15) is 21.3 Å². The van der Waals surface area contributed by atoms with Crippen LogP contribution in [0, 0.1) is 0 Å². The maximum absolute atomic E-state index is 12.1. The fourth-order valence-corrected chi connectivity index (χ4v) is 8.62. The fraction of sp³-hybridized carbons (Fsp3) is 0.143. The number of benzene rings is 5. The second-order valence-corrected chi connectivity index (χ2v) is 15.4.